The molecule has 0 spiro atoms. The molecule has 2 aliphatic heterocycles. The fraction of sp³-hybridized carbons (Fsp3) is 0.520. The largest absolute Gasteiger partial charge is 0.343 e. The molecular weight excluding hydrogens is 436 g/mol. The predicted molar refractivity (Wildman–Crippen MR) is 128 cm³/mol. The molecular formula is C25H32N4O3S. The summed E-state index contributed by atoms with van der Waals surface area (Å²) < 4.78 is 0. The number of aromatic nitrogens is 1. The van der Waals surface area contributed by atoms with Gasteiger partial charge in [-0.25, -0.2) is 4.79 Å². The number of imide groups is 1. The number of nitrogens with one attached hydrogen (secondary N) is 1. The molecule has 33 heavy (non-hydrogen) atoms. The van der Waals surface area contributed by atoms with Gasteiger partial charge in [-0.05, 0) is 48.1 Å². The van der Waals surface area contributed by atoms with E-state index in [-0.39, 0.29) is 29.2 Å². The van der Waals surface area contributed by atoms with E-state index in [2.05, 4.69) is 31.1 Å². The maximum atomic E-state index is 13.8. The lowest BCUT2D eigenvalue weighted by Gasteiger charge is -2.41. The lowest BCUT2D eigenvalue weighted by molar-refractivity contribution is -0.137. The first-order chi connectivity index (χ1) is 15.7. The standard InChI is InChI=1S/C25H32N4O3S/c1-24(2,3)16-21(30)28-12-8-18(9-13-28)25(19-6-4-11-26-17-19)22(31)29(23(32)27-25)14-10-20-7-5-15-33-20/h4-7,11,15,17-18H,8-10,12-14,16H2,1-3H3,(H,27,32). The van der Waals surface area contributed by atoms with Crippen molar-refractivity contribution in [3.05, 3.63) is 52.5 Å². The number of hydrogen-bond donors (Lipinski definition) is 1. The number of rotatable bonds is 6. The number of carbonyl (C=O) groups excluding carboxylic acids is 3. The molecule has 2 aliphatic rings. The molecule has 7 nitrogen and oxygen atoms in total. The molecule has 4 rings (SSSR count). The Morgan fingerprint density at radius 1 is 1.21 bits per heavy atom. The van der Waals surface area contributed by atoms with E-state index in [4.69, 9.17) is 0 Å². The first-order valence-electron chi connectivity index (χ1n) is 11.6. The van der Waals surface area contributed by atoms with Crippen LogP contribution in [-0.4, -0.2) is 52.3 Å². The zero-order chi connectivity index (χ0) is 23.6. The third-order valence-electron chi connectivity index (χ3n) is 6.55. The highest BCUT2D eigenvalue weighted by Crippen LogP contribution is 2.41. The van der Waals surface area contributed by atoms with E-state index in [1.165, 1.54) is 4.90 Å². The van der Waals surface area contributed by atoms with Gasteiger partial charge in [0.25, 0.3) is 5.91 Å². The summed E-state index contributed by atoms with van der Waals surface area (Å²) in [5, 5.41) is 5.06. The van der Waals surface area contributed by atoms with Crippen molar-refractivity contribution in [3.8, 4) is 0 Å². The van der Waals surface area contributed by atoms with Crippen molar-refractivity contribution >= 4 is 29.2 Å². The van der Waals surface area contributed by atoms with Gasteiger partial charge in [0.2, 0.25) is 5.91 Å². The van der Waals surface area contributed by atoms with Gasteiger partial charge in [0.05, 0.1) is 0 Å². The minimum absolute atomic E-state index is 0.0661. The maximum absolute atomic E-state index is 13.8. The molecule has 2 saturated heterocycles. The Kier molecular flexibility index (Phi) is 6.56. The second-order valence-electron chi connectivity index (χ2n) is 10.2. The van der Waals surface area contributed by atoms with Crippen molar-refractivity contribution in [2.75, 3.05) is 19.6 Å². The zero-order valence-corrected chi connectivity index (χ0v) is 20.4. The Morgan fingerprint density at radius 3 is 2.58 bits per heavy atom. The van der Waals surface area contributed by atoms with Crippen molar-refractivity contribution in [1.82, 2.24) is 20.1 Å². The van der Waals surface area contributed by atoms with Gasteiger partial charge in [0.1, 0.15) is 0 Å². The van der Waals surface area contributed by atoms with E-state index in [0.29, 0.717) is 50.9 Å². The van der Waals surface area contributed by atoms with E-state index in [9.17, 15) is 14.4 Å². The molecule has 0 saturated carbocycles. The van der Waals surface area contributed by atoms with Crippen molar-refractivity contribution in [2.24, 2.45) is 11.3 Å². The smallest absolute Gasteiger partial charge is 0.325 e. The van der Waals surface area contributed by atoms with Crippen LogP contribution in [0.1, 0.15) is 50.5 Å². The Bertz CT molecular complexity index is 994. The third kappa shape index (κ3) is 4.81. The topological polar surface area (TPSA) is 82.6 Å². The van der Waals surface area contributed by atoms with Crippen molar-refractivity contribution in [1.29, 1.82) is 0 Å². The number of urea groups is 1. The van der Waals surface area contributed by atoms with Crippen LogP contribution >= 0.6 is 11.3 Å². The average molecular weight is 469 g/mol. The summed E-state index contributed by atoms with van der Waals surface area (Å²) in [6.45, 7) is 7.70. The highest BCUT2D eigenvalue weighted by molar-refractivity contribution is 7.09. The van der Waals surface area contributed by atoms with Gasteiger partial charge in [-0.15, -0.1) is 11.3 Å². The highest BCUT2D eigenvalue weighted by Gasteiger charge is 2.57. The van der Waals surface area contributed by atoms with E-state index >= 15 is 0 Å². The zero-order valence-electron chi connectivity index (χ0n) is 19.5. The monoisotopic (exact) mass is 468 g/mol. The van der Waals surface area contributed by atoms with E-state index in [1.54, 1.807) is 29.8 Å². The van der Waals surface area contributed by atoms with E-state index in [0.717, 1.165) is 4.88 Å². The van der Waals surface area contributed by atoms with Crippen LogP contribution in [0.3, 0.4) is 0 Å². The van der Waals surface area contributed by atoms with Crippen LogP contribution in [0.4, 0.5) is 4.79 Å². The van der Waals surface area contributed by atoms with Gasteiger partial charge in [-0.2, -0.15) is 0 Å². The summed E-state index contributed by atoms with van der Waals surface area (Å²) in [6.07, 6.45) is 5.78. The Hall–Kier alpha value is -2.74. The molecule has 8 heteroatoms. The number of pyridine rings is 1. The maximum Gasteiger partial charge on any atom is 0.325 e. The Morgan fingerprint density at radius 2 is 1.97 bits per heavy atom. The third-order valence-corrected chi connectivity index (χ3v) is 7.49. The number of piperidine rings is 1. The van der Waals surface area contributed by atoms with Crippen LogP contribution in [0.2, 0.25) is 0 Å². The lowest BCUT2D eigenvalue weighted by Crippen LogP contribution is -2.54. The minimum atomic E-state index is -1.14. The number of nitrogens with zero attached hydrogens (tertiary/aromatic N) is 3. The summed E-state index contributed by atoms with van der Waals surface area (Å²) >= 11 is 1.62. The summed E-state index contributed by atoms with van der Waals surface area (Å²) in [7, 11) is 0. The molecule has 1 atom stereocenters. The first-order valence-corrected chi connectivity index (χ1v) is 12.4. The van der Waals surface area contributed by atoms with Crippen LogP contribution < -0.4 is 5.32 Å². The van der Waals surface area contributed by atoms with Gasteiger partial charge in [0, 0.05) is 48.9 Å². The second-order valence-corrected chi connectivity index (χ2v) is 11.2. The molecule has 2 aromatic heterocycles. The second kappa shape index (κ2) is 9.25. The number of amides is 4. The molecule has 0 bridgehead atoms. The van der Waals surface area contributed by atoms with Crippen molar-refractivity contribution < 1.29 is 14.4 Å². The summed E-state index contributed by atoms with van der Waals surface area (Å²) in [5.41, 5.74) is -0.495. The molecule has 0 aromatic carbocycles. The van der Waals surface area contributed by atoms with Crippen LogP contribution in [0.5, 0.6) is 0 Å². The summed E-state index contributed by atoms with van der Waals surface area (Å²) in [4.78, 5) is 48.2. The molecule has 0 aliphatic carbocycles. The fourth-order valence-electron chi connectivity index (χ4n) is 4.91. The quantitative estimate of drug-likeness (QED) is 0.654. The number of carbonyl (C=O) groups is 3. The summed E-state index contributed by atoms with van der Waals surface area (Å²) in [6, 6.07) is 7.30. The SMILES string of the molecule is CC(C)(C)CC(=O)N1CCC(C2(c3cccnc3)NC(=O)N(CCc3cccs3)C2=O)CC1. The van der Waals surface area contributed by atoms with Gasteiger partial charge in [-0.1, -0.05) is 32.9 Å². The van der Waals surface area contributed by atoms with E-state index < -0.39 is 5.54 Å². The molecule has 0 radical (unpaired) electrons. The van der Waals surface area contributed by atoms with Gasteiger partial charge in [-0.3, -0.25) is 19.5 Å². The van der Waals surface area contributed by atoms with Crippen molar-refractivity contribution in [2.45, 2.75) is 52.0 Å². The molecule has 4 heterocycles. The molecule has 176 valence electrons. The van der Waals surface area contributed by atoms with Gasteiger partial charge in [0.15, 0.2) is 5.54 Å². The number of hydrogen-bond acceptors (Lipinski definition) is 5. The predicted octanol–water partition coefficient (Wildman–Crippen LogP) is 3.81. The molecule has 2 fully saturated rings. The Labute approximate surface area is 199 Å². The first kappa shape index (κ1) is 23.4. The fourth-order valence-corrected chi connectivity index (χ4v) is 5.60. The lowest BCUT2D eigenvalue weighted by atomic mass is 9.73. The minimum Gasteiger partial charge on any atom is -0.343 e. The summed E-state index contributed by atoms with van der Waals surface area (Å²) in [5.74, 6) is -0.171. The van der Waals surface area contributed by atoms with Crippen LogP contribution in [0, 0.1) is 11.3 Å². The molecule has 2 aromatic rings. The average Bonchev–Trinajstić information content (AvgIpc) is 3.39. The van der Waals surface area contributed by atoms with Crippen LogP contribution in [-0.2, 0) is 21.5 Å². The van der Waals surface area contributed by atoms with Crippen molar-refractivity contribution in [3.63, 3.8) is 0 Å². The van der Waals surface area contributed by atoms with E-state index in [1.807, 2.05) is 28.5 Å². The molecule has 4 amide bonds. The van der Waals surface area contributed by atoms with Crippen LogP contribution in [0.15, 0.2) is 42.0 Å². The van der Waals surface area contributed by atoms with Gasteiger partial charge >= 0.3 is 6.03 Å². The normalized spacial score (nSPS) is 22.0. The number of thiophene rings is 1. The van der Waals surface area contributed by atoms with Crippen LogP contribution in [0.25, 0.3) is 0 Å². The number of likely N-dealkylation sites (tertiary alicyclic amines) is 1. The molecule has 1 N–H and O–H groups in total. The molecule has 1 unspecified atom stereocenters. The Balaban J connectivity index is 1.55. The highest BCUT2D eigenvalue weighted by atomic mass is 32.1. The van der Waals surface area contributed by atoms with Gasteiger partial charge < -0.3 is 10.2 Å².